The Kier molecular flexibility index (Phi) is 2.33. The van der Waals surface area contributed by atoms with E-state index in [1.807, 2.05) is 36.4 Å². The number of ether oxygens (including phenoxy) is 3. The first-order valence-electron chi connectivity index (χ1n) is 8.42. The molecule has 0 unspecified atom stereocenters. The smallest absolute Gasteiger partial charge is 0.307 e. The van der Waals surface area contributed by atoms with Gasteiger partial charge in [-0.05, 0) is 23.6 Å². The number of benzene rings is 2. The van der Waals surface area contributed by atoms with Crippen molar-refractivity contribution in [3.05, 3.63) is 60.7 Å². The lowest BCUT2D eigenvalue weighted by Gasteiger charge is -2.45. The van der Waals surface area contributed by atoms with Crippen LogP contribution < -0.4 is 9.47 Å². The van der Waals surface area contributed by atoms with Crippen LogP contribution in [0.4, 0.5) is 0 Å². The second-order valence-electron chi connectivity index (χ2n) is 7.03. The van der Waals surface area contributed by atoms with Crippen LogP contribution in [0.2, 0.25) is 0 Å². The first-order valence-corrected chi connectivity index (χ1v) is 8.42. The summed E-state index contributed by atoms with van der Waals surface area (Å²) in [6, 6.07) is 11.2. The lowest BCUT2D eigenvalue weighted by atomic mass is 9.69. The first-order chi connectivity index (χ1) is 12.5. The van der Waals surface area contributed by atoms with Gasteiger partial charge in [0.05, 0.1) is 5.39 Å². The van der Waals surface area contributed by atoms with Crippen LogP contribution in [-0.4, -0.2) is 45.2 Å². The fourth-order valence-electron chi connectivity index (χ4n) is 4.63. The molecule has 6 heteroatoms. The molecule has 4 atom stereocenters. The van der Waals surface area contributed by atoms with E-state index in [1.165, 1.54) is 24.3 Å². The summed E-state index contributed by atoms with van der Waals surface area (Å²) < 4.78 is 18.3. The molecule has 2 N–H and O–H groups in total. The molecule has 0 radical (unpaired) electrons. The Balaban J connectivity index is 1.61. The number of aliphatic hydroxyl groups is 2. The van der Waals surface area contributed by atoms with Gasteiger partial charge >= 0.3 is 5.79 Å². The van der Waals surface area contributed by atoms with Crippen LogP contribution in [0.25, 0.3) is 10.8 Å². The summed E-state index contributed by atoms with van der Waals surface area (Å²) in [5.41, 5.74) is -3.15. The van der Waals surface area contributed by atoms with E-state index in [9.17, 15) is 15.0 Å². The van der Waals surface area contributed by atoms with Crippen molar-refractivity contribution in [2.24, 2.45) is 0 Å². The molecule has 1 saturated heterocycles. The predicted octanol–water partition coefficient (Wildman–Crippen LogP) is 1.25. The molecule has 6 rings (SSSR count). The SMILES string of the molecule is O=C1C=CC2(Oc3cccc4cccc(c34)O2)[C@@]23O[C@@]12[C@@H](O)C=C[C@H]3O. The minimum absolute atomic E-state index is 0.414. The Morgan fingerprint density at radius 1 is 0.923 bits per heavy atom. The summed E-state index contributed by atoms with van der Waals surface area (Å²) in [5, 5.41) is 23.0. The van der Waals surface area contributed by atoms with E-state index in [0.29, 0.717) is 11.5 Å². The number of epoxide rings is 1. The number of hydrogen-bond donors (Lipinski definition) is 2. The Hall–Kier alpha value is -2.67. The van der Waals surface area contributed by atoms with Gasteiger partial charge in [-0.2, -0.15) is 0 Å². The highest BCUT2D eigenvalue weighted by Gasteiger charge is 2.91. The van der Waals surface area contributed by atoms with E-state index in [-0.39, 0.29) is 0 Å². The van der Waals surface area contributed by atoms with Crippen molar-refractivity contribution in [1.29, 1.82) is 0 Å². The largest absolute Gasteiger partial charge is 0.445 e. The van der Waals surface area contributed by atoms with Crippen molar-refractivity contribution < 1.29 is 29.2 Å². The first kappa shape index (κ1) is 14.5. The highest BCUT2D eigenvalue weighted by atomic mass is 16.8. The summed E-state index contributed by atoms with van der Waals surface area (Å²) in [7, 11) is 0. The van der Waals surface area contributed by atoms with E-state index < -0.39 is 35.0 Å². The molecular formula is C20H14O6. The van der Waals surface area contributed by atoms with Crippen molar-refractivity contribution in [1.82, 2.24) is 0 Å². The van der Waals surface area contributed by atoms with Gasteiger partial charge in [-0.3, -0.25) is 4.79 Å². The van der Waals surface area contributed by atoms with Crippen LogP contribution in [0.3, 0.4) is 0 Å². The summed E-state index contributed by atoms with van der Waals surface area (Å²) in [6.45, 7) is 0. The van der Waals surface area contributed by atoms with E-state index in [4.69, 9.17) is 14.2 Å². The lowest BCUT2D eigenvalue weighted by Crippen LogP contribution is -2.68. The Morgan fingerprint density at radius 2 is 1.58 bits per heavy atom. The van der Waals surface area contributed by atoms with Gasteiger partial charge in [0, 0.05) is 6.08 Å². The van der Waals surface area contributed by atoms with Crippen molar-refractivity contribution in [2.75, 3.05) is 0 Å². The van der Waals surface area contributed by atoms with Gasteiger partial charge in [-0.25, -0.2) is 0 Å². The number of hydrogen-bond acceptors (Lipinski definition) is 6. The second kappa shape index (κ2) is 4.17. The molecule has 2 aromatic rings. The zero-order valence-corrected chi connectivity index (χ0v) is 13.5. The van der Waals surface area contributed by atoms with Crippen LogP contribution in [0.1, 0.15) is 0 Å². The van der Waals surface area contributed by atoms with Crippen molar-refractivity contribution in [2.45, 2.75) is 29.2 Å². The molecule has 0 bridgehead atoms. The van der Waals surface area contributed by atoms with Gasteiger partial charge in [0.15, 0.2) is 5.78 Å². The third-order valence-corrected chi connectivity index (χ3v) is 5.83. The highest BCUT2D eigenvalue weighted by molar-refractivity contribution is 6.04. The van der Waals surface area contributed by atoms with Gasteiger partial charge in [0.25, 0.3) is 0 Å². The molecule has 0 amide bonds. The summed E-state index contributed by atoms with van der Waals surface area (Å²) >= 11 is 0. The maximum atomic E-state index is 12.6. The Morgan fingerprint density at radius 3 is 2.27 bits per heavy atom. The van der Waals surface area contributed by atoms with Crippen molar-refractivity contribution in [3.63, 3.8) is 0 Å². The molecular weight excluding hydrogens is 336 g/mol. The van der Waals surface area contributed by atoms with Crippen molar-refractivity contribution >= 4 is 16.6 Å². The van der Waals surface area contributed by atoms with Gasteiger partial charge in [0.2, 0.25) is 11.2 Å². The molecule has 1 spiro atoms. The number of ketones is 1. The molecule has 130 valence electrons. The number of carbonyl (C=O) groups is 1. The van der Waals surface area contributed by atoms with Crippen LogP contribution in [0, 0.1) is 0 Å². The Bertz CT molecular complexity index is 1010. The maximum absolute atomic E-state index is 12.6. The molecule has 0 aromatic heterocycles. The quantitative estimate of drug-likeness (QED) is 0.549. The van der Waals surface area contributed by atoms with Gasteiger partial charge in [-0.1, -0.05) is 36.4 Å². The predicted molar refractivity (Wildman–Crippen MR) is 89.8 cm³/mol. The van der Waals surface area contributed by atoms with E-state index in [0.717, 1.165) is 10.8 Å². The molecule has 26 heavy (non-hydrogen) atoms. The van der Waals surface area contributed by atoms with Crippen LogP contribution in [0.5, 0.6) is 11.5 Å². The molecule has 4 aliphatic rings. The van der Waals surface area contributed by atoms with E-state index in [2.05, 4.69) is 0 Å². The molecule has 0 saturated carbocycles. The molecule has 2 aliphatic carbocycles. The van der Waals surface area contributed by atoms with E-state index in [1.54, 1.807) is 0 Å². The van der Waals surface area contributed by atoms with Crippen molar-refractivity contribution in [3.8, 4) is 11.5 Å². The van der Waals surface area contributed by atoms with Gasteiger partial charge < -0.3 is 24.4 Å². The number of aliphatic hydroxyl groups excluding tert-OH is 2. The third-order valence-electron chi connectivity index (χ3n) is 5.83. The average Bonchev–Trinajstić information content (AvgIpc) is 3.39. The normalized spacial score (nSPS) is 37.7. The fraction of sp³-hybridized carbons (Fsp3) is 0.250. The average molecular weight is 350 g/mol. The van der Waals surface area contributed by atoms with Crippen LogP contribution >= 0.6 is 0 Å². The topological polar surface area (TPSA) is 88.5 Å². The summed E-state index contributed by atoms with van der Waals surface area (Å²) in [5.74, 6) is -0.839. The summed E-state index contributed by atoms with van der Waals surface area (Å²) in [4.78, 5) is 12.6. The molecule has 2 aliphatic heterocycles. The van der Waals surface area contributed by atoms with Gasteiger partial charge in [-0.15, -0.1) is 0 Å². The van der Waals surface area contributed by atoms with Crippen LogP contribution in [0.15, 0.2) is 60.7 Å². The molecule has 2 heterocycles. The summed E-state index contributed by atoms with van der Waals surface area (Å²) in [6.07, 6.45) is 3.19. The van der Waals surface area contributed by atoms with Crippen LogP contribution in [-0.2, 0) is 9.53 Å². The zero-order chi connectivity index (χ0) is 17.7. The minimum atomic E-state index is -1.60. The minimum Gasteiger partial charge on any atom is -0.445 e. The monoisotopic (exact) mass is 350 g/mol. The van der Waals surface area contributed by atoms with E-state index >= 15 is 0 Å². The highest BCUT2D eigenvalue weighted by Crippen LogP contribution is 2.66. The second-order valence-corrected chi connectivity index (χ2v) is 7.03. The zero-order valence-electron chi connectivity index (χ0n) is 13.5. The third kappa shape index (κ3) is 1.30. The fourth-order valence-corrected chi connectivity index (χ4v) is 4.63. The molecule has 1 fully saturated rings. The maximum Gasteiger partial charge on any atom is 0.307 e. The molecule has 2 aromatic carbocycles. The lowest BCUT2D eigenvalue weighted by molar-refractivity contribution is -0.161. The molecule has 6 nitrogen and oxygen atoms in total. The standard InChI is InChI=1S/C20H14O6/c21-14-7-8-16(23)20-18(10-9-15(22)19(14,20)26-20)24-12-5-1-3-11-4-2-6-13(25-18)17(11)12/h1-10,14,16,21,23H/t14-,16+,19-,20+/m0/s1. The van der Waals surface area contributed by atoms with Gasteiger partial charge in [0.1, 0.15) is 23.7 Å². The Labute approximate surface area is 147 Å². The number of carbonyl (C=O) groups excluding carboxylic acids is 1. The number of rotatable bonds is 0.